The van der Waals surface area contributed by atoms with Gasteiger partial charge in [-0.15, -0.1) is 0 Å². The van der Waals surface area contributed by atoms with Crippen LogP contribution in [0.1, 0.15) is 80.7 Å². The zero-order chi connectivity index (χ0) is 31.1. The van der Waals surface area contributed by atoms with Crippen LogP contribution in [0.4, 0.5) is 19.0 Å². The minimum Gasteiger partial charge on any atom is -0.367 e. The number of carbonyl (C=O) groups is 1. The smallest absolute Gasteiger partial charge is 0.367 e. The molecule has 2 N–H and O–H groups in total. The van der Waals surface area contributed by atoms with Crippen LogP contribution in [-0.2, 0) is 24.3 Å². The van der Waals surface area contributed by atoms with Crippen molar-refractivity contribution in [2.75, 3.05) is 18.4 Å². The van der Waals surface area contributed by atoms with E-state index in [0.29, 0.717) is 23.3 Å². The number of nitrogens with zero attached hydrogens (tertiary/aromatic N) is 5. The average molecular weight is 608 g/mol. The van der Waals surface area contributed by atoms with Crippen molar-refractivity contribution in [3.8, 4) is 6.07 Å². The SMILES string of the molecule is CC(=O)NC12CC(CCn3c(C#N)cc4c(C)c(CN5CCC(Nc6ncncc6CCCC(F)(F)F)CC5)ccc43)(C1)C2. The molecule has 234 valence electrons. The molecule has 8 nitrogen and oxygen atoms in total. The van der Waals surface area contributed by atoms with Crippen LogP contribution in [-0.4, -0.2) is 56.2 Å². The fourth-order valence-corrected chi connectivity index (χ4v) is 7.96. The van der Waals surface area contributed by atoms with Gasteiger partial charge in [-0.1, -0.05) is 6.07 Å². The molecular weight excluding hydrogens is 567 g/mol. The Morgan fingerprint density at radius 2 is 1.93 bits per heavy atom. The van der Waals surface area contributed by atoms with E-state index in [1.165, 1.54) is 17.5 Å². The van der Waals surface area contributed by atoms with Gasteiger partial charge in [0, 0.05) is 73.8 Å². The van der Waals surface area contributed by atoms with E-state index in [-0.39, 0.29) is 23.9 Å². The van der Waals surface area contributed by atoms with Crippen molar-refractivity contribution in [3.05, 3.63) is 53.1 Å². The molecule has 4 aliphatic rings. The van der Waals surface area contributed by atoms with Crippen molar-refractivity contribution < 1.29 is 18.0 Å². The summed E-state index contributed by atoms with van der Waals surface area (Å²) in [6.07, 6.45) is 4.35. The Bertz CT molecular complexity index is 1560. The number of aryl methyl sites for hydroxylation is 3. The minimum absolute atomic E-state index is 0.0221. The lowest BCUT2D eigenvalue weighted by Gasteiger charge is -2.71. The van der Waals surface area contributed by atoms with Crippen LogP contribution in [0.3, 0.4) is 0 Å². The highest BCUT2D eigenvalue weighted by molar-refractivity contribution is 5.86. The Morgan fingerprint density at radius 1 is 1.18 bits per heavy atom. The number of halogens is 3. The third-order valence-corrected chi connectivity index (χ3v) is 10.0. The highest BCUT2D eigenvalue weighted by atomic mass is 19.4. The van der Waals surface area contributed by atoms with Gasteiger partial charge in [-0.2, -0.15) is 18.4 Å². The Kier molecular flexibility index (Phi) is 8.07. The van der Waals surface area contributed by atoms with Crippen molar-refractivity contribution in [2.24, 2.45) is 5.41 Å². The number of alkyl halides is 3. The maximum Gasteiger partial charge on any atom is 0.389 e. The number of aromatic nitrogens is 3. The second-order valence-corrected chi connectivity index (χ2v) is 13.4. The Labute approximate surface area is 256 Å². The van der Waals surface area contributed by atoms with Crippen LogP contribution in [0.2, 0.25) is 0 Å². The second kappa shape index (κ2) is 11.7. The second-order valence-electron chi connectivity index (χ2n) is 13.4. The molecule has 0 atom stereocenters. The zero-order valence-electron chi connectivity index (χ0n) is 25.4. The van der Waals surface area contributed by atoms with Gasteiger partial charge in [0.25, 0.3) is 0 Å². The molecule has 3 aliphatic carbocycles. The molecular formula is C33H40F3N7O. The summed E-state index contributed by atoms with van der Waals surface area (Å²) in [6.45, 7) is 7.16. The molecule has 0 unspecified atom stereocenters. The molecule has 3 saturated carbocycles. The van der Waals surface area contributed by atoms with Crippen molar-refractivity contribution in [1.82, 2.24) is 24.8 Å². The molecule has 2 aromatic heterocycles. The number of rotatable bonds is 11. The van der Waals surface area contributed by atoms with Gasteiger partial charge in [0.1, 0.15) is 23.9 Å². The number of nitrogens with one attached hydrogen (secondary N) is 2. The molecule has 4 fully saturated rings. The van der Waals surface area contributed by atoms with Crippen LogP contribution in [0.15, 0.2) is 30.7 Å². The fraction of sp³-hybridized carbons (Fsp3) is 0.576. The molecule has 1 aromatic carbocycles. The summed E-state index contributed by atoms with van der Waals surface area (Å²) < 4.78 is 40.0. The van der Waals surface area contributed by atoms with E-state index in [4.69, 9.17) is 0 Å². The number of carbonyl (C=O) groups excluding carboxylic acids is 1. The number of piperidine rings is 1. The molecule has 3 aromatic rings. The van der Waals surface area contributed by atoms with Gasteiger partial charge < -0.3 is 15.2 Å². The van der Waals surface area contributed by atoms with Crippen molar-refractivity contribution in [2.45, 2.75) is 102 Å². The molecule has 44 heavy (non-hydrogen) atoms. The summed E-state index contributed by atoms with van der Waals surface area (Å²) in [4.78, 5) is 22.3. The Morgan fingerprint density at radius 3 is 2.61 bits per heavy atom. The third kappa shape index (κ3) is 6.27. The highest BCUT2D eigenvalue weighted by Crippen LogP contribution is 2.69. The monoisotopic (exact) mass is 607 g/mol. The topological polar surface area (TPSA) is 98.9 Å². The van der Waals surface area contributed by atoms with Gasteiger partial charge in [-0.05, 0) is 87.0 Å². The lowest BCUT2D eigenvalue weighted by atomic mass is 9.38. The molecule has 7 rings (SSSR count). The van der Waals surface area contributed by atoms with Gasteiger partial charge in [0.15, 0.2) is 0 Å². The summed E-state index contributed by atoms with van der Waals surface area (Å²) >= 11 is 0. The number of fused-ring (bicyclic) bond motifs is 1. The zero-order valence-corrected chi connectivity index (χ0v) is 25.4. The standard InChI is InChI=1S/C33H40F3N7O/c1-22-25(17-42-11-7-26(8-12-42)40-30-24(16-38-21-39-30)4-3-9-33(34,35)36)5-6-29-28(22)14-27(15-37)43(29)13-10-31-18-32(19-31,20-31)41-23(2)44/h5-6,14,16,21,26H,3-4,7-13,17-20H2,1-2H3,(H,41,44)(H,38,39,40). The number of hydrogen-bond donors (Lipinski definition) is 2. The van der Waals surface area contributed by atoms with E-state index < -0.39 is 12.6 Å². The Hall–Kier alpha value is -3.65. The van der Waals surface area contributed by atoms with E-state index in [1.807, 2.05) is 6.07 Å². The van der Waals surface area contributed by atoms with Gasteiger partial charge >= 0.3 is 6.18 Å². The van der Waals surface area contributed by atoms with Gasteiger partial charge in [0.05, 0.1) is 0 Å². The summed E-state index contributed by atoms with van der Waals surface area (Å²) in [6, 6.07) is 8.99. The lowest BCUT2D eigenvalue weighted by Crippen LogP contribution is -2.74. The van der Waals surface area contributed by atoms with Crippen molar-refractivity contribution >= 4 is 22.6 Å². The number of amides is 1. The van der Waals surface area contributed by atoms with E-state index in [2.05, 4.69) is 55.2 Å². The number of anilines is 1. The maximum absolute atomic E-state index is 12.6. The van der Waals surface area contributed by atoms with E-state index >= 15 is 0 Å². The molecule has 11 heteroatoms. The van der Waals surface area contributed by atoms with Crippen LogP contribution < -0.4 is 10.6 Å². The van der Waals surface area contributed by atoms with E-state index in [9.17, 15) is 23.2 Å². The molecule has 1 amide bonds. The first-order valence-electron chi connectivity index (χ1n) is 15.6. The first-order chi connectivity index (χ1) is 21.0. The molecule has 2 bridgehead atoms. The normalized spacial score (nSPS) is 23.5. The summed E-state index contributed by atoms with van der Waals surface area (Å²) in [5.74, 6) is 0.687. The predicted molar refractivity (Wildman–Crippen MR) is 162 cm³/mol. The van der Waals surface area contributed by atoms with Gasteiger partial charge in [0.2, 0.25) is 5.91 Å². The highest BCUT2D eigenvalue weighted by Gasteiger charge is 2.67. The molecule has 3 heterocycles. The maximum atomic E-state index is 12.6. The van der Waals surface area contributed by atoms with Crippen LogP contribution in [0, 0.1) is 23.7 Å². The molecule has 1 saturated heterocycles. The first kappa shape index (κ1) is 30.4. The van der Waals surface area contributed by atoms with Crippen LogP contribution >= 0.6 is 0 Å². The predicted octanol–water partition coefficient (Wildman–Crippen LogP) is 6.02. The molecule has 0 radical (unpaired) electrons. The van der Waals surface area contributed by atoms with Crippen molar-refractivity contribution in [1.29, 1.82) is 5.26 Å². The lowest BCUT2D eigenvalue weighted by molar-refractivity contribution is -0.168. The van der Waals surface area contributed by atoms with Crippen LogP contribution in [0.5, 0.6) is 0 Å². The van der Waals surface area contributed by atoms with Crippen LogP contribution in [0.25, 0.3) is 10.9 Å². The first-order valence-corrected chi connectivity index (χ1v) is 15.6. The Balaban J connectivity index is 1.04. The summed E-state index contributed by atoms with van der Waals surface area (Å²) in [7, 11) is 0. The fourth-order valence-electron chi connectivity index (χ4n) is 7.96. The molecule has 1 aliphatic heterocycles. The van der Waals surface area contributed by atoms with Gasteiger partial charge in [-0.3, -0.25) is 9.69 Å². The largest absolute Gasteiger partial charge is 0.389 e. The summed E-state index contributed by atoms with van der Waals surface area (Å²) in [5.41, 5.74) is 5.30. The number of nitriles is 1. The van der Waals surface area contributed by atoms with Gasteiger partial charge in [-0.25, -0.2) is 9.97 Å². The van der Waals surface area contributed by atoms with Crippen molar-refractivity contribution in [3.63, 3.8) is 0 Å². The van der Waals surface area contributed by atoms with E-state index in [1.54, 1.807) is 13.1 Å². The number of hydrogen-bond acceptors (Lipinski definition) is 6. The minimum atomic E-state index is -4.16. The quantitative estimate of drug-likeness (QED) is 0.277. The average Bonchev–Trinajstić information content (AvgIpc) is 3.30. The third-order valence-electron chi connectivity index (χ3n) is 10.0. The number of likely N-dealkylation sites (tertiary alicyclic amines) is 1. The summed E-state index contributed by atoms with van der Waals surface area (Å²) in [5, 5.41) is 17.6. The molecule has 0 spiro atoms. The van der Waals surface area contributed by atoms with E-state index in [0.717, 1.165) is 81.2 Å². The number of benzene rings is 1.